The molecule has 2 rings (SSSR count). The third-order valence-corrected chi connectivity index (χ3v) is 8.96. The van der Waals surface area contributed by atoms with Crippen molar-refractivity contribution in [2.24, 2.45) is 0 Å². The van der Waals surface area contributed by atoms with Crippen LogP contribution in [0.4, 0.5) is 0 Å². The van der Waals surface area contributed by atoms with Crippen LogP contribution in [-0.4, -0.2) is 63.7 Å². The normalized spacial score (nSPS) is 15.7. The summed E-state index contributed by atoms with van der Waals surface area (Å²) >= 11 is 0. The van der Waals surface area contributed by atoms with Crippen LogP contribution in [0, 0.1) is 0 Å². The van der Waals surface area contributed by atoms with E-state index in [2.05, 4.69) is 44.3 Å². The molecule has 42 heavy (non-hydrogen) atoms. The highest BCUT2D eigenvalue weighted by atomic mass is 127. The van der Waals surface area contributed by atoms with Crippen LogP contribution in [0.25, 0.3) is 0 Å². The van der Waals surface area contributed by atoms with E-state index in [0.717, 1.165) is 26.1 Å². The van der Waals surface area contributed by atoms with Gasteiger partial charge in [-0.2, -0.15) is 0 Å². The number of hydrogen-bond acceptors (Lipinski definition) is 3. The van der Waals surface area contributed by atoms with E-state index in [1.54, 1.807) is 0 Å². The van der Waals surface area contributed by atoms with E-state index in [0.29, 0.717) is 19.8 Å². The Hall–Kier alpha value is -0.210. The number of halogens is 1. The monoisotopic (exact) mass is 701 g/mol. The molecule has 0 bridgehead atoms. The zero-order chi connectivity index (χ0) is 29.1. The van der Waals surface area contributed by atoms with Gasteiger partial charge < -0.3 is 42.7 Å². The first-order valence-electron chi connectivity index (χ1n) is 17.9. The summed E-state index contributed by atoms with van der Waals surface area (Å²) in [5, 5.41) is 0. The van der Waals surface area contributed by atoms with Crippen molar-refractivity contribution in [1.82, 2.24) is 0 Å². The fourth-order valence-electron chi connectivity index (χ4n) is 6.13. The van der Waals surface area contributed by atoms with Crippen LogP contribution in [0.1, 0.15) is 141 Å². The fourth-order valence-corrected chi connectivity index (χ4v) is 6.13. The van der Waals surface area contributed by atoms with Crippen molar-refractivity contribution in [3.63, 3.8) is 0 Å². The molecule has 1 aliphatic rings. The van der Waals surface area contributed by atoms with Crippen LogP contribution in [0.15, 0.2) is 30.3 Å². The molecule has 0 aliphatic carbocycles. The number of benzene rings is 1. The van der Waals surface area contributed by atoms with Crippen molar-refractivity contribution < 1.29 is 42.7 Å². The minimum Gasteiger partial charge on any atom is -1.00 e. The van der Waals surface area contributed by atoms with Gasteiger partial charge in [-0.15, -0.1) is 0 Å². The minimum atomic E-state index is -0.00277. The van der Waals surface area contributed by atoms with Crippen LogP contribution in [0.2, 0.25) is 0 Å². The lowest BCUT2D eigenvalue weighted by atomic mass is 10.0. The van der Waals surface area contributed by atoms with Crippen molar-refractivity contribution in [1.29, 1.82) is 0 Å². The largest absolute Gasteiger partial charge is 1.00 e. The SMILES string of the molecule is CCCCCCCCCCCCCCCCOCC(COCCCC[N+]1(C)CCCCCC1)OCc1ccccc1.[I-]. The molecule has 0 spiro atoms. The van der Waals surface area contributed by atoms with Gasteiger partial charge in [-0.3, -0.25) is 0 Å². The predicted molar refractivity (Wildman–Crippen MR) is 175 cm³/mol. The van der Waals surface area contributed by atoms with Gasteiger partial charge in [0.25, 0.3) is 0 Å². The van der Waals surface area contributed by atoms with Crippen molar-refractivity contribution >= 4 is 0 Å². The highest BCUT2D eigenvalue weighted by molar-refractivity contribution is 5.13. The highest BCUT2D eigenvalue weighted by Crippen LogP contribution is 2.17. The summed E-state index contributed by atoms with van der Waals surface area (Å²) < 4.78 is 19.7. The molecule has 1 saturated heterocycles. The zero-order valence-electron chi connectivity index (χ0n) is 27.8. The van der Waals surface area contributed by atoms with Gasteiger partial charge in [0.15, 0.2) is 0 Å². The molecule has 1 heterocycles. The smallest absolute Gasteiger partial charge is 0.105 e. The Bertz CT molecular complexity index is 681. The summed E-state index contributed by atoms with van der Waals surface area (Å²) in [5.74, 6) is 0. The van der Waals surface area contributed by atoms with Crippen LogP contribution in [0.3, 0.4) is 0 Å². The molecule has 0 saturated carbocycles. The van der Waals surface area contributed by atoms with E-state index in [4.69, 9.17) is 14.2 Å². The van der Waals surface area contributed by atoms with Gasteiger partial charge in [0.05, 0.1) is 46.5 Å². The summed E-state index contributed by atoms with van der Waals surface area (Å²) in [5.41, 5.74) is 1.21. The zero-order valence-corrected chi connectivity index (χ0v) is 30.0. The average molecular weight is 702 g/mol. The van der Waals surface area contributed by atoms with Crippen molar-refractivity contribution in [3.8, 4) is 0 Å². The number of unbranched alkanes of at least 4 members (excludes halogenated alkanes) is 14. The quantitative estimate of drug-likeness (QED) is 0.0569. The maximum atomic E-state index is 6.23. The second-order valence-corrected chi connectivity index (χ2v) is 13.1. The average Bonchev–Trinajstić information content (AvgIpc) is 3.21. The van der Waals surface area contributed by atoms with E-state index in [1.807, 2.05) is 0 Å². The summed E-state index contributed by atoms with van der Waals surface area (Å²) in [6.45, 7) is 9.82. The van der Waals surface area contributed by atoms with Gasteiger partial charge in [-0.25, -0.2) is 0 Å². The van der Waals surface area contributed by atoms with E-state index < -0.39 is 0 Å². The van der Waals surface area contributed by atoms with Gasteiger partial charge in [0, 0.05) is 13.2 Å². The number of rotatable bonds is 27. The Balaban J connectivity index is 0.00000882. The van der Waals surface area contributed by atoms with Gasteiger partial charge in [0.1, 0.15) is 6.10 Å². The summed E-state index contributed by atoms with van der Waals surface area (Å²) in [6.07, 6.45) is 27.4. The lowest BCUT2D eigenvalue weighted by molar-refractivity contribution is -0.909. The Morgan fingerprint density at radius 3 is 1.62 bits per heavy atom. The van der Waals surface area contributed by atoms with Crippen LogP contribution >= 0.6 is 0 Å². The van der Waals surface area contributed by atoms with Gasteiger partial charge in [0.2, 0.25) is 0 Å². The van der Waals surface area contributed by atoms with Crippen LogP contribution in [-0.2, 0) is 20.8 Å². The van der Waals surface area contributed by atoms with Crippen LogP contribution in [0.5, 0.6) is 0 Å². The molecule has 1 fully saturated rings. The number of quaternary nitrogens is 1. The molecule has 246 valence electrons. The number of ether oxygens (including phenoxy) is 3. The van der Waals surface area contributed by atoms with Crippen molar-refractivity contribution in [3.05, 3.63) is 35.9 Å². The fraction of sp³-hybridized carbons (Fsp3) is 0.838. The molecule has 0 aromatic heterocycles. The minimum absolute atomic E-state index is 0. The van der Waals surface area contributed by atoms with Gasteiger partial charge in [-0.05, 0) is 50.5 Å². The number of hydrogen-bond donors (Lipinski definition) is 0. The summed E-state index contributed by atoms with van der Waals surface area (Å²) in [7, 11) is 2.45. The predicted octanol–water partition coefficient (Wildman–Crippen LogP) is 6.89. The lowest BCUT2D eigenvalue weighted by Gasteiger charge is -2.33. The second-order valence-electron chi connectivity index (χ2n) is 13.1. The highest BCUT2D eigenvalue weighted by Gasteiger charge is 2.22. The van der Waals surface area contributed by atoms with Crippen LogP contribution < -0.4 is 24.0 Å². The molecular weight excluding hydrogens is 633 g/mol. The molecule has 1 aliphatic heterocycles. The van der Waals surface area contributed by atoms with Crippen molar-refractivity contribution in [2.75, 3.05) is 53.1 Å². The van der Waals surface area contributed by atoms with E-state index in [1.165, 1.54) is 145 Å². The molecule has 4 nitrogen and oxygen atoms in total. The first-order valence-corrected chi connectivity index (χ1v) is 17.9. The van der Waals surface area contributed by atoms with Crippen molar-refractivity contribution in [2.45, 2.75) is 148 Å². The Labute approximate surface area is 278 Å². The van der Waals surface area contributed by atoms with Gasteiger partial charge >= 0.3 is 0 Å². The lowest BCUT2D eigenvalue weighted by Crippen LogP contribution is -3.00. The molecule has 1 aromatic carbocycles. The van der Waals surface area contributed by atoms with Gasteiger partial charge in [-0.1, -0.05) is 121 Å². The maximum Gasteiger partial charge on any atom is 0.105 e. The third kappa shape index (κ3) is 22.3. The topological polar surface area (TPSA) is 27.7 Å². The maximum absolute atomic E-state index is 6.23. The van der Waals surface area contributed by atoms with E-state index >= 15 is 0 Å². The number of likely N-dealkylation sites (tertiary alicyclic amines) is 1. The Morgan fingerprint density at radius 2 is 1.10 bits per heavy atom. The molecule has 1 atom stereocenters. The first-order chi connectivity index (χ1) is 20.2. The molecule has 5 heteroatoms. The molecule has 1 aromatic rings. The summed E-state index contributed by atoms with van der Waals surface area (Å²) in [4.78, 5) is 0. The first kappa shape index (κ1) is 39.8. The summed E-state index contributed by atoms with van der Waals surface area (Å²) in [6, 6.07) is 10.4. The Morgan fingerprint density at radius 1 is 0.619 bits per heavy atom. The molecule has 0 N–H and O–H groups in total. The third-order valence-electron chi connectivity index (χ3n) is 8.96. The van der Waals surface area contributed by atoms with E-state index in [-0.39, 0.29) is 30.1 Å². The molecular formula is C37H68INO3. The van der Waals surface area contributed by atoms with E-state index in [9.17, 15) is 0 Å². The molecule has 0 radical (unpaired) electrons. The second kappa shape index (κ2) is 28.3. The Kier molecular flexibility index (Phi) is 26.8. The molecule has 1 unspecified atom stereocenters. The molecule has 0 amide bonds. The number of nitrogens with zero attached hydrogens (tertiary/aromatic N) is 1. The standard InChI is InChI=1S/C37H68NO3.HI/c1-3-4-5-6-7-8-9-10-11-12-13-14-17-24-31-39-34-37(41-33-36-26-19-18-20-27-36)35-40-32-25-23-30-38(2)28-21-15-16-22-29-38;/h18-20,26-27,37H,3-17,21-25,28-35H2,1-2H3;1H/q+1;/p-1.